The molecule has 0 fully saturated rings. The Morgan fingerprint density at radius 2 is 2.13 bits per heavy atom. The zero-order valence-electron chi connectivity index (χ0n) is 8.04. The molecule has 5 heteroatoms. The Bertz CT molecular complexity index is 311. The molecule has 0 spiro atoms. The molecule has 2 heterocycles. The van der Waals surface area contributed by atoms with E-state index < -0.39 is 5.92 Å². The van der Waals surface area contributed by atoms with Crippen LogP contribution in [-0.2, 0) is 9.59 Å². The van der Waals surface area contributed by atoms with Gasteiger partial charge in [0.2, 0.25) is 5.91 Å². The summed E-state index contributed by atoms with van der Waals surface area (Å²) in [5, 5.41) is 2.43. The van der Waals surface area contributed by atoms with Gasteiger partial charge in [-0.15, -0.1) is 0 Å². The molecule has 1 aromatic rings. The van der Waals surface area contributed by atoms with E-state index in [1.165, 1.54) is 6.33 Å². The number of amides is 1. The van der Waals surface area contributed by atoms with E-state index in [0.29, 0.717) is 12.7 Å². The van der Waals surface area contributed by atoms with Crippen LogP contribution >= 0.6 is 0 Å². The van der Waals surface area contributed by atoms with Crippen molar-refractivity contribution in [3.63, 3.8) is 0 Å². The van der Waals surface area contributed by atoms with E-state index in [1.807, 2.05) is 0 Å². The predicted molar refractivity (Wildman–Crippen MR) is 53.5 cm³/mol. The second-order valence-corrected chi connectivity index (χ2v) is 2.79. The summed E-state index contributed by atoms with van der Waals surface area (Å²) in [6, 6.07) is 1.78. The fourth-order valence-corrected chi connectivity index (χ4v) is 0.940. The third kappa shape index (κ3) is 4.12. The molecule has 0 aliphatic carbocycles. The predicted octanol–water partition coefficient (Wildman–Crippen LogP) is 0.312. The van der Waals surface area contributed by atoms with E-state index in [2.05, 4.69) is 15.3 Å². The summed E-state index contributed by atoms with van der Waals surface area (Å²) in [7, 11) is 0. The van der Waals surface area contributed by atoms with Crippen molar-refractivity contribution in [2.45, 2.75) is 6.42 Å². The maximum absolute atomic E-state index is 10.6. The van der Waals surface area contributed by atoms with Crippen LogP contribution in [0.3, 0.4) is 0 Å². The number of nitrogens with one attached hydrogen (secondary N) is 1. The Kier molecular flexibility index (Phi) is 4.72. The Morgan fingerprint density at radius 3 is 2.47 bits per heavy atom. The van der Waals surface area contributed by atoms with Gasteiger partial charge in [-0.3, -0.25) is 4.79 Å². The molecule has 1 amide bonds. The smallest absolute Gasteiger partial charge is 0.234 e. The van der Waals surface area contributed by atoms with Gasteiger partial charge >= 0.3 is 0 Å². The highest BCUT2D eigenvalue weighted by Crippen LogP contribution is 2.03. The van der Waals surface area contributed by atoms with Gasteiger partial charge in [-0.05, 0) is 18.7 Å². The van der Waals surface area contributed by atoms with Crippen molar-refractivity contribution in [2.75, 3.05) is 0 Å². The molecule has 0 aromatic carbocycles. The van der Waals surface area contributed by atoms with E-state index in [9.17, 15) is 9.59 Å². The molecule has 0 bridgehead atoms. The first kappa shape index (κ1) is 11.0. The van der Waals surface area contributed by atoms with E-state index in [1.54, 1.807) is 30.7 Å². The first-order valence-electron chi connectivity index (χ1n) is 4.45. The lowest BCUT2D eigenvalue weighted by Gasteiger charge is -2.09. The largest absolute Gasteiger partial charge is 0.332 e. The lowest BCUT2D eigenvalue weighted by molar-refractivity contribution is -0.128. The summed E-state index contributed by atoms with van der Waals surface area (Å²) in [6.07, 6.45) is 9.40. The molecule has 0 radical (unpaired) electrons. The average molecular weight is 205 g/mol. The minimum absolute atomic E-state index is 0.201. The summed E-state index contributed by atoms with van der Waals surface area (Å²) < 4.78 is 0. The molecule has 1 unspecified atom stereocenters. The monoisotopic (exact) mass is 205 g/mol. The lowest BCUT2D eigenvalue weighted by atomic mass is 10.1. The van der Waals surface area contributed by atoms with Gasteiger partial charge in [0.15, 0.2) is 0 Å². The number of hydrogen-bond acceptors (Lipinski definition) is 4. The standard InChI is InChI=1S/C6H7NO2.C4H4N2/c8-4-5-2-1-3-7-6(5)9;1-2-5-4-6-3-1/h1,3-5H,2H2,(H,7,9);1-4H. The summed E-state index contributed by atoms with van der Waals surface area (Å²) in [6.45, 7) is 0. The molecule has 0 saturated heterocycles. The first-order valence-corrected chi connectivity index (χ1v) is 4.45. The summed E-state index contributed by atoms with van der Waals surface area (Å²) in [4.78, 5) is 28.1. The minimum Gasteiger partial charge on any atom is -0.332 e. The Balaban J connectivity index is 0.000000162. The summed E-state index contributed by atoms with van der Waals surface area (Å²) in [5.74, 6) is -0.664. The highest BCUT2D eigenvalue weighted by molar-refractivity contribution is 5.93. The maximum Gasteiger partial charge on any atom is 0.234 e. The number of carbonyl (C=O) groups is 2. The summed E-state index contributed by atoms with van der Waals surface area (Å²) in [5.41, 5.74) is 0. The number of nitrogens with zero attached hydrogens (tertiary/aromatic N) is 2. The Hall–Kier alpha value is -2.04. The molecule has 1 aliphatic rings. The molecule has 1 aliphatic heterocycles. The molecule has 1 aromatic heterocycles. The van der Waals surface area contributed by atoms with Gasteiger partial charge in [0.1, 0.15) is 12.6 Å². The fourth-order valence-electron chi connectivity index (χ4n) is 0.940. The maximum atomic E-state index is 10.6. The zero-order chi connectivity index (χ0) is 10.9. The highest BCUT2D eigenvalue weighted by Gasteiger charge is 2.16. The van der Waals surface area contributed by atoms with E-state index in [-0.39, 0.29) is 5.91 Å². The number of aldehydes is 1. The summed E-state index contributed by atoms with van der Waals surface area (Å²) >= 11 is 0. The van der Waals surface area contributed by atoms with Crippen molar-refractivity contribution in [3.8, 4) is 0 Å². The molecule has 5 nitrogen and oxygen atoms in total. The van der Waals surface area contributed by atoms with Crippen molar-refractivity contribution in [1.82, 2.24) is 15.3 Å². The molecule has 78 valence electrons. The van der Waals surface area contributed by atoms with Gasteiger partial charge in [-0.2, -0.15) is 0 Å². The second-order valence-electron chi connectivity index (χ2n) is 2.79. The van der Waals surface area contributed by atoms with E-state index in [4.69, 9.17) is 0 Å². The van der Waals surface area contributed by atoms with Gasteiger partial charge in [0, 0.05) is 12.4 Å². The normalized spacial score (nSPS) is 18.4. The molecule has 0 saturated carbocycles. The van der Waals surface area contributed by atoms with Gasteiger partial charge in [0.25, 0.3) is 0 Å². The second kappa shape index (κ2) is 6.42. The van der Waals surface area contributed by atoms with Crippen LogP contribution < -0.4 is 5.32 Å². The number of allylic oxidation sites excluding steroid dienone is 1. The van der Waals surface area contributed by atoms with E-state index >= 15 is 0 Å². The van der Waals surface area contributed by atoms with Crippen molar-refractivity contribution in [1.29, 1.82) is 0 Å². The van der Waals surface area contributed by atoms with Crippen molar-refractivity contribution < 1.29 is 9.59 Å². The molecule has 2 rings (SSSR count). The van der Waals surface area contributed by atoms with Gasteiger partial charge in [-0.25, -0.2) is 9.97 Å². The van der Waals surface area contributed by atoms with Gasteiger partial charge in [0.05, 0.1) is 5.92 Å². The van der Waals surface area contributed by atoms with E-state index in [0.717, 1.165) is 0 Å². The Morgan fingerprint density at radius 1 is 1.40 bits per heavy atom. The molecular formula is C10H11N3O2. The molecule has 15 heavy (non-hydrogen) atoms. The van der Waals surface area contributed by atoms with Crippen LogP contribution in [-0.4, -0.2) is 22.2 Å². The Labute approximate surface area is 87.2 Å². The van der Waals surface area contributed by atoms with Crippen LogP contribution in [0.4, 0.5) is 0 Å². The van der Waals surface area contributed by atoms with Gasteiger partial charge < -0.3 is 10.1 Å². The molecule has 1 atom stereocenters. The third-order valence-electron chi connectivity index (χ3n) is 1.71. The minimum atomic E-state index is -0.463. The molecular weight excluding hydrogens is 194 g/mol. The number of aromatic nitrogens is 2. The van der Waals surface area contributed by atoms with Crippen LogP contribution in [0.15, 0.2) is 37.1 Å². The van der Waals surface area contributed by atoms with Crippen LogP contribution in [0.1, 0.15) is 6.42 Å². The van der Waals surface area contributed by atoms with Crippen molar-refractivity contribution >= 4 is 12.2 Å². The van der Waals surface area contributed by atoms with Crippen LogP contribution in [0.5, 0.6) is 0 Å². The number of hydrogen-bond donors (Lipinski definition) is 1. The average Bonchev–Trinajstić information content (AvgIpc) is 2.33. The molecule has 1 N–H and O–H groups in total. The lowest BCUT2D eigenvalue weighted by Crippen LogP contribution is -2.30. The number of rotatable bonds is 1. The van der Waals surface area contributed by atoms with Crippen molar-refractivity contribution in [2.24, 2.45) is 5.92 Å². The highest BCUT2D eigenvalue weighted by atomic mass is 16.2. The third-order valence-corrected chi connectivity index (χ3v) is 1.71. The topological polar surface area (TPSA) is 72.0 Å². The fraction of sp³-hybridized carbons (Fsp3) is 0.200. The quantitative estimate of drug-likeness (QED) is 0.529. The van der Waals surface area contributed by atoms with Crippen LogP contribution in [0.25, 0.3) is 0 Å². The first-order chi connectivity index (χ1) is 7.34. The number of carbonyl (C=O) groups excluding carboxylic acids is 2. The zero-order valence-corrected chi connectivity index (χ0v) is 8.04. The van der Waals surface area contributed by atoms with Crippen LogP contribution in [0, 0.1) is 5.92 Å². The SMILES string of the molecule is O=CC1CC=CNC1=O.c1cncnc1. The van der Waals surface area contributed by atoms with Crippen LogP contribution in [0.2, 0.25) is 0 Å². The van der Waals surface area contributed by atoms with Gasteiger partial charge in [-0.1, -0.05) is 6.08 Å². The van der Waals surface area contributed by atoms with Crippen molar-refractivity contribution in [3.05, 3.63) is 37.1 Å².